The van der Waals surface area contributed by atoms with Crippen molar-refractivity contribution in [1.29, 1.82) is 0 Å². The van der Waals surface area contributed by atoms with E-state index in [0.717, 1.165) is 24.5 Å². The molecule has 3 rings (SSSR count). The fourth-order valence-corrected chi connectivity index (χ4v) is 4.71. The molecule has 0 saturated heterocycles. The van der Waals surface area contributed by atoms with Gasteiger partial charge in [0.05, 0.1) is 22.9 Å². The highest BCUT2D eigenvalue weighted by molar-refractivity contribution is 7.91. The van der Waals surface area contributed by atoms with Crippen LogP contribution in [-0.4, -0.2) is 58.4 Å². The number of nitrogens with zero attached hydrogens (tertiary/aromatic N) is 2. The first kappa shape index (κ1) is 20.0. The molecule has 2 aromatic rings. The topological polar surface area (TPSA) is 49.9 Å². The van der Waals surface area contributed by atoms with E-state index in [1.807, 2.05) is 30.1 Å². The second kappa shape index (κ2) is 8.50. The molecule has 2 aromatic carbocycles. The monoisotopic (exact) mass is 408 g/mol. The standard InChI is InChI=1S/C20H25ClN2O3S/c1-3-23-15-17(26-20-7-5-4-6-19(20)23)14-22(2)12-13-27(24,25)18-10-8-16(21)9-11-18/h4-11,17H,3,12-15H2,1-2H3/t17-/m1/s1. The molecule has 0 bridgehead atoms. The summed E-state index contributed by atoms with van der Waals surface area (Å²) in [5.41, 5.74) is 1.12. The van der Waals surface area contributed by atoms with E-state index in [1.54, 1.807) is 24.3 Å². The first-order valence-corrected chi connectivity index (χ1v) is 11.1. The lowest BCUT2D eigenvalue weighted by Gasteiger charge is -2.37. The van der Waals surface area contributed by atoms with Crippen LogP contribution < -0.4 is 9.64 Å². The number of para-hydroxylation sites is 2. The van der Waals surface area contributed by atoms with Gasteiger partial charge in [-0.25, -0.2) is 8.42 Å². The zero-order valence-electron chi connectivity index (χ0n) is 15.6. The van der Waals surface area contributed by atoms with E-state index in [4.69, 9.17) is 16.3 Å². The van der Waals surface area contributed by atoms with Gasteiger partial charge in [-0.05, 0) is 50.4 Å². The summed E-state index contributed by atoms with van der Waals surface area (Å²) in [5.74, 6) is 0.948. The third kappa shape index (κ3) is 4.94. The Hall–Kier alpha value is -1.76. The number of likely N-dealkylation sites (N-methyl/N-ethyl adjacent to an activating group) is 2. The minimum absolute atomic E-state index is 0.00286. The van der Waals surface area contributed by atoms with Crippen molar-refractivity contribution in [2.75, 3.05) is 43.9 Å². The van der Waals surface area contributed by atoms with E-state index in [2.05, 4.69) is 17.9 Å². The molecule has 1 aliphatic rings. The summed E-state index contributed by atoms with van der Waals surface area (Å²) < 4.78 is 31.1. The number of ether oxygens (including phenoxy) is 1. The lowest BCUT2D eigenvalue weighted by Crippen LogP contribution is -2.46. The van der Waals surface area contributed by atoms with Crippen molar-refractivity contribution in [2.24, 2.45) is 0 Å². The van der Waals surface area contributed by atoms with Gasteiger partial charge in [0.2, 0.25) is 0 Å². The van der Waals surface area contributed by atoms with Gasteiger partial charge in [0, 0.05) is 24.7 Å². The highest BCUT2D eigenvalue weighted by Gasteiger charge is 2.26. The molecule has 0 aliphatic carbocycles. The number of halogens is 1. The SMILES string of the molecule is CCN1C[C@@H](CN(C)CCS(=O)(=O)c2ccc(Cl)cc2)Oc2ccccc21. The molecule has 1 heterocycles. The third-order valence-electron chi connectivity index (χ3n) is 4.74. The maximum Gasteiger partial charge on any atom is 0.179 e. The molecular formula is C20H25ClN2O3S. The summed E-state index contributed by atoms with van der Waals surface area (Å²) in [6.45, 7) is 4.94. The van der Waals surface area contributed by atoms with Crippen LogP contribution in [0.4, 0.5) is 5.69 Å². The van der Waals surface area contributed by atoms with E-state index >= 15 is 0 Å². The van der Waals surface area contributed by atoms with Gasteiger partial charge in [-0.2, -0.15) is 0 Å². The summed E-state index contributed by atoms with van der Waals surface area (Å²) >= 11 is 5.84. The van der Waals surface area contributed by atoms with E-state index < -0.39 is 9.84 Å². The molecule has 0 fully saturated rings. The largest absolute Gasteiger partial charge is 0.485 e. The quantitative estimate of drug-likeness (QED) is 0.703. The van der Waals surface area contributed by atoms with Crippen molar-refractivity contribution in [3.63, 3.8) is 0 Å². The lowest BCUT2D eigenvalue weighted by atomic mass is 10.2. The predicted octanol–water partition coefficient (Wildman–Crippen LogP) is 3.33. The summed E-state index contributed by atoms with van der Waals surface area (Å²) in [5, 5.41) is 0.529. The van der Waals surface area contributed by atoms with Crippen LogP contribution in [0.5, 0.6) is 5.75 Å². The van der Waals surface area contributed by atoms with Crippen LogP contribution in [0.25, 0.3) is 0 Å². The molecule has 0 aromatic heterocycles. The Bertz CT molecular complexity index is 871. The van der Waals surface area contributed by atoms with Crippen LogP contribution in [0, 0.1) is 0 Å². The lowest BCUT2D eigenvalue weighted by molar-refractivity contribution is 0.146. The molecular weight excluding hydrogens is 384 g/mol. The summed E-state index contributed by atoms with van der Waals surface area (Å²) in [6, 6.07) is 14.3. The average Bonchev–Trinajstić information content (AvgIpc) is 2.66. The van der Waals surface area contributed by atoms with Crippen LogP contribution in [-0.2, 0) is 9.84 Å². The molecule has 0 unspecified atom stereocenters. The minimum Gasteiger partial charge on any atom is -0.485 e. The Morgan fingerprint density at radius 2 is 1.89 bits per heavy atom. The molecule has 1 atom stereocenters. The normalized spacial score (nSPS) is 16.9. The number of rotatable bonds is 7. The Morgan fingerprint density at radius 1 is 1.19 bits per heavy atom. The van der Waals surface area contributed by atoms with Crippen molar-refractivity contribution >= 4 is 27.1 Å². The van der Waals surface area contributed by atoms with Gasteiger partial charge in [0.25, 0.3) is 0 Å². The number of fused-ring (bicyclic) bond motifs is 1. The maximum atomic E-state index is 12.5. The molecule has 0 amide bonds. The van der Waals surface area contributed by atoms with E-state index in [1.165, 1.54) is 0 Å². The molecule has 0 saturated carbocycles. The van der Waals surface area contributed by atoms with Crippen molar-refractivity contribution in [3.05, 3.63) is 53.6 Å². The zero-order chi connectivity index (χ0) is 19.4. The summed E-state index contributed by atoms with van der Waals surface area (Å²) in [6.07, 6.45) is 0.00286. The Labute approximate surface area is 166 Å². The molecule has 146 valence electrons. The van der Waals surface area contributed by atoms with E-state index in [9.17, 15) is 8.42 Å². The summed E-state index contributed by atoms with van der Waals surface area (Å²) in [4.78, 5) is 4.61. The molecule has 1 aliphatic heterocycles. The Morgan fingerprint density at radius 3 is 2.59 bits per heavy atom. The maximum absolute atomic E-state index is 12.5. The average molecular weight is 409 g/mol. The van der Waals surface area contributed by atoms with Crippen LogP contribution in [0.2, 0.25) is 5.02 Å². The fourth-order valence-electron chi connectivity index (χ4n) is 3.25. The van der Waals surface area contributed by atoms with E-state index in [0.29, 0.717) is 23.0 Å². The van der Waals surface area contributed by atoms with Crippen LogP contribution in [0.1, 0.15) is 6.92 Å². The van der Waals surface area contributed by atoms with Crippen molar-refractivity contribution in [2.45, 2.75) is 17.9 Å². The predicted molar refractivity (Wildman–Crippen MR) is 110 cm³/mol. The molecule has 27 heavy (non-hydrogen) atoms. The third-order valence-corrected chi connectivity index (χ3v) is 6.70. The fraction of sp³-hybridized carbons (Fsp3) is 0.400. The molecule has 0 spiro atoms. The van der Waals surface area contributed by atoms with Gasteiger partial charge >= 0.3 is 0 Å². The van der Waals surface area contributed by atoms with Gasteiger partial charge in [0.1, 0.15) is 11.9 Å². The zero-order valence-corrected chi connectivity index (χ0v) is 17.2. The molecule has 7 heteroatoms. The van der Waals surface area contributed by atoms with E-state index in [-0.39, 0.29) is 11.9 Å². The second-order valence-corrected chi connectivity index (χ2v) is 9.33. The van der Waals surface area contributed by atoms with Gasteiger partial charge in [-0.3, -0.25) is 0 Å². The molecule has 0 N–H and O–H groups in total. The minimum atomic E-state index is -3.33. The van der Waals surface area contributed by atoms with Crippen molar-refractivity contribution in [3.8, 4) is 5.75 Å². The second-order valence-electron chi connectivity index (χ2n) is 6.78. The highest BCUT2D eigenvalue weighted by atomic mass is 35.5. The molecule has 0 radical (unpaired) electrons. The molecule has 5 nitrogen and oxygen atoms in total. The number of sulfone groups is 1. The van der Waals surface area contributed by atoms with Crippen LogP contribution in [0.15, 0.2) is 53.4 Å². The van der Waals surface area contributed by atoms with Crippen LogP contribution in [0.3, 0.4) is 0 Å². The van der Waals surface area contributed by atoms with Crippen molar-refractivity contribution < 1.29 is 13.2 Å². The highest BCUT2D eigenvalue weighted by Crippen LogP contribution is 2.32. The van der Waals surface area contributed by atoms with Crippen LogP contribution >= 0.6 is 11.6 Å². The number of hydrogen-bond acceptors (Lipinski definition) is 5. The van der Waals surface area contributed by atoms with Gasteiger partial charge in [-0.1, -0.05) is 23.7 Å². The Balaban J connectivity index is 1.58. The smallest absolute Gasteiger partial charge is 0.179 e. The van der Waals surface area contributed by atoms with Gasteiger partial charge in [-0.15, -0.1) is 0 Å². The Kier molecular flexibility index (Phi) is 6.29. The number of benzene rings is 2. The van der Waals surface area contributed by atoms with Gasteiger partial charge < -0.3 is 14.5 Å². The first-order valence-electron chi connectivity index (χ1n) is 9.06. The van der Waals surface area contributed by atoms with Crippen molar-refractivity contribution in [1.82, 2.24) is 4.90 Å². The van der Waals surface area contributed by atoms with Gasteiger partial charge in [0.15, 0.2) is 9.84 Å². The summed E-state index contributed by atoms with van der Waals surface area (Å²) in [7, 11) is -1.40. The first-order chi connectivity index (χ1) is 12.9. The number of hydrogen-bond donors (Lipinski definition) is 0. The number of anilines is 1.